The van der Waals surface area contributed by atoms with Crippen LogP contribution in [0.25, 0.3) is 0 Å². The average Bonchev–Trinajstić information content (AvgIpc) is 2.46. The van der Waals surface area contributed by atoms with Gasteiger partial charge in [-0.2, -0.15) is 0 Å². The van der Waals surface area contributed by atoms with E-state index in [1.807, 2.05) is 0 Å². The number of aliphatic carboxylic acids is 2. The molecule has 138 valence electrons. The Kier molecular flexibility index (Phi) is 8.93. The number of carbonyl (C=O) groups is 4. The number of carbonyl (C=O) groups excluding carboxylic acids is 2. The summed E-state index contributed by atoms with van der Waals surface area (Å²) in [6, 6.07) is -3.70. The van der Waals surface area contributed by atoms with Gasteiger partial charge in [0.05, 0.1) is 6.10 Å². The molecule has 0 fully saturated rings. The van der Waals surface area contributed by atoms with E-state index in [4.69, 9.17) is 15.9 Å². The lowest BCUT2D eigenvalue weighted by Crippen LogP contribution is -2.57. The van der Waals surface area contributed by atoms with Crippen molar-refractivity contribution < 1.29 is 34.5 Å². The minimum Gasteiger partial charge on any atom is -0.481 e. The molecule has 7 N–H and O–H groups in total. The first-order valence-corrected chi connectivity index (χ1v) is 7.46. The van der Waals surface area contributed by atoms with Gasteiger partial charge < -0.3 is 31.7 Å². The maximum atomic E-state index is 12.2. The fourth-order valence-corrected chi connectivity index (χ4v) is 1.79. The molecule has 0 aliphatic heterocycles. The molecule has 0 radical (unpaired) electrons. The number of hydrogen-bond donors (Lipinski definition) is 6. The summed E-state index contributed by atoms with van der Waals surface area (Å²) < 4.78 is 0. The lowest BCUT2D eigenvalue weighted by atomic mass is 10.0. The van der Waals surface area contributed by atoms with Crippen LogP contribution in [-0.2, 0) is 19.2 Å². The van der Waals surface area contributed by atoms with Crippen LogP contribution < -0.4 is 16.4 Å². The van der Waals surface area contributed by atoms with Gasteiger partial charge in [-0.15, -0.1) is 0 Å². The summed E-state index contributed by atoms with van der Waals surface area (Å²) in [6.07, 6.45) is -1.84. The molecule has 0 aromatic heterocycles. The smallest absolute Gasteiger partial charge is 0.326 e. The molecule has 0 aromatic carbocycles. The topological polar surface area (TPSA) is 179 Å². The molecule has 0 heterocycles. The van der Waals surface area contributed by atoms with E-state index in [-0.39, 0.29) is 12.3 Å². The van der Waals surface area contributed by atoms with Crippen LogP contribution in [-0.4, -0.2) is 63.3 Å². The van der Waals surface area contributed by atoms with Crippen molar-refractivity contribution in [3.05, 3.63) is 0 Å². The van der Waals surface area contributed by atoms with Crippen LogP contribution in [0.4, 0.5) is 0 Å². The highest BCUT2D eigenvalue weighted by molar-refractivity contribution is 5.92. The fraction of sp³-hybridized carbons (Fsp3) is 0.714. The van der Waals surface area contributed by atoms with Gasteiger partial charge >= 0.3 is 11.9 Å². The van der Waals surface area contributed by atoms with Crippen molar-refractivity contribution in [2.75, 3.05) is 0 Å². The average molecular weight is 347 g/mol. The first-order valence-electron chi connectivity index (χ1n) is 7.46. The maximum Gasteiger partial charge on any atom is 0.326 e. The molecule has 0 saturated carbocycles. The second kappa shape index (κ2) is 9.83. The number of aliphatic hydroxyl groups excluding tert-OH is 1. The molecule has 0 spiro atoms. The molecule has 4 atom stereocenters. The van der Waals surface area contributed by atoms with Gasteiger partial charge in [0.25, 0.3) is 0 Å². The highest BCUT2D eigenvalue weighted by Crippen LogP contribution is 2.06. The molecule has 0 unspecified atom stereocenters. The second-order valence-corrected chi connectivity index (χ2v) is 5.83. The summed E-state index contributed by atoms with van der Waals surface area (Å²) in [7, 11) is 0. The van der Waals surface area contributed by atoms with Gasteiger partial charge in [0.1, 0.15) is 18.1 Å². The van der Waals surface area contributed by atoms with E-state index >= 15 is 0 Å². The molecule has 0 bridgehead atoms. The zero-order valence-electron chi connectivity index (χ0n) is 13.9. The molecule has 10 heteroatoms. The van der Waals surface area contributed by atoms with Crippen LogP contribution in [0.2, 0.25) is 0 Å². The van der Waals surface area contributed by atoms with Crippen molar-refractivity contribution in [3.8, 4) is 0 Å². The predicted octanol–water partition coefficient (Wildman–Crippen LogP) is -1.73. The standard InChI is InChI=1S/C14H25N3O7/c1-6(2)11(17-12(21)10(15)7(3)18)13(22)16-8(14(23)24)4-5-9(19)20/h6-8,10-11,18H,4-5,15H2,1-3H3,(H,16,22)(H,17,21)(H,19,20)(H,23,24)/t7-,8+,10+,11+/m1/s1. The quantitative estimate of drug-likeness (QED) is 0.270. The lowest BCUT2D eigenvalue weighted by molar-refractivity contribution is -0.143. The molecular formula is C14H25N3O7. The van der Waals surface area contributed by atoms with Crippen molar-refractivity contribution in [1.29, 1.82) is 0 Å². The number of nitrogens with two attached hydrogens (primary N) is 1. The first-order chi connectivity index (χ1) is 11.0. The number of nitrogens with one attached hydrogen (secondary N) is 2. The Hall–Kier alpha value is -2.20. The van der Waals surface area contributed by atoms with Gasteiger partial charge in [-0.05, 0) is 19.3 Å². The highest BCUT2D eigenvalue weighted by atomic mass is 16.4. The van der Waals surface area contributed by atoms with E-state index in [0.717, 1.165) is 0 Å². The van der Waals surface area contributed by atoms with Crippen molar-refractivity contribution in [1.82, 2.24) is 10.6 Å². The Labute approximate surface area is 139 Å². The summed E-state index contributed by atoms with van der Waals surface area (Å²) in [5.74, 6) is -4.47. The summed E-state index contributed by atoms with van der Waals surface area (Å²) in [5, 5.41) is 31.5. The summed E-state index contributed by atoms with van der Waals surface area (Å²) in [6.45, 7) is 4.58. The van der Waals surface area contributed by atoms with E-state index in [0.29, 0.717) is 0 Å². The fourth-order valence-electron chi connectivity index (χ4n) is 1.79. The van der Waals surface area contributed by atoms with Crippen LogP contribution in [0, 0.1) is 5.92 Å². The number of amides is 2. The van der Waals surface area contributed by atoms with Crippen LogP contribution in [0.5, 0.6) is 0 Å². The maximum absolute atomic E-state index is 12.2. The molecule has 2 amide bonds. The number of hydrogen-bond acceptors (Lipinski definition) is 6. The van der Waals surface area contributed by atoms with Crippen LogP contribution in [0.15, 0.2) is 0 Å². The monoisotopic (exact) mass is 347 g/mol. The van der Waals surface area contributed by atoms with Gasteiger partial charge in [-0.25, -0.2) is 4.79 Å². The Morgan fingerprint density at radius 2 is 1.54 bits per heavy atom. The van der Waals surface area contributed by atoms with E-state index < -0.39 is 54.4 Å². The third kappa shape index (κ3) is 7.38. The van der Waals surface area contributed by atoms with Gasteiger partial charge in [-0.1, -0.05) is 13.8 Å². The van der Waals surface area contributed by atoms with Crippen molar-refractivity contribution in [2.45, 2.75) is 57.8 Å². The lowest BCUT2D eigenvalue weighted by Gasteiger charge is -2.25. The Balaban J connectivity index is 4.97. The molecule has 0 rings (SSSR count). The zero-order valence-corrected chi connectivity index (χ0v) is 13.9. The van der Waals surface area contributed by atoms with E-state index in [1.165, 1.54) is 6.92 Å². The second-order valence-electron chi connectivity index (χ2n) is 5.83. The van der Waals surface area contributed by atoms with Gasteiger partial charge in [0.15, 0.2) is 0 Å². The summed E-state index contributed by atoms with van der Waals surface area (Å²) in [4.78, 5) is 45.8. The van der Waals surface area contributed by atoms with Crippen LogP contribution in [0.3, 0.4) is 0 Å². The van der Waals surface area contributed by atoms with E-state index in [2.05, 4.69) is 10.6 Å². The third-order valence-electron chi connectivity index (χ3n) is 3.33. The molecule has 24 heavy (non-hydrogen) atoms. The minimum absolute atomic E-state index is 0.289. The van der Waals surface area contributed by atoms with Crippen LogP contribution in [0.1, 0.15) is 33.6 Å². The molecule has 0 aliphatic rings. The molecule has 10 nitrogen and oxygen atoms in total. The van der Waals surface area contributed by atoms with E-state index in [1.54, 1.807) is 13.8 Å². The largest absolute Gasteiger partial charge is 0.481 e. The highest BCUT2D eigenvalue weighted by Gasteiger charge is 2.30. The van der Waals surface area contributed by atoms with Gasteiger partial charge in [0, 0.05) is 6.42 Å². The SMILES string of the molecule is CC(C)[C@H](NC(=O)[C@@H](N)[C@@H](C)O)C(=O)N[C@@H](CCC(=O)O)C(=O)O. The molecular weight excluding hydrogens is 322 g/mol. The zero-order chi connectivity index (χ0) is 19.0. The van der Waals surface area contributed by atoms with Gasteiger partial charge in [0.2, 0.25) is 11.8 Å². The molecule has 0 aromatic rings. The van der Waals surface area contributed by atoms with Crippen molar-refractivity contribution in [2.24, 2.45) is 11.7 Å². The summed E-state index contributed by atoms with van der Waals surface area (Å²) >= 11 is 0. The Morgan fingerprint density at radius 1 is 1.00 bits per heavy atom. The number of aliphatic hydroxyl groups is 1. The predicted molar refractivity (Wildman–Crippen MR) is 82.9 cm³/mol. The third-order valence-corrected chi connectivity index (χ3v) is 3.33. The minimum atomic E-state index is -1.39. The van der Waals surface area contributed by atoms with Gasteiger partial charge in [-0.3, -0.25) is 14.4 Å². The molecule has 0 saturated heterocycles. The number of rotatable bonds is 10. The van der Waals surface area contributed by atoms with Crippen LogP contribution >= 0.6 is 0 Å². The Morgan fingerprint density at radius 3 is 1.92 bits per heavy atom. The van der Waals surface area contributed by atoms with E-state index in [9.17, 15) is 24.3 Å². The van der Waals surface area contributed by atoms with Crippen molar-refractivity contribution in [3.63, 3.8) is 0 Å². The number of carboxylic acid groups (broad SMARTS) is 2. The normalized spacial score (nSPS) is 15.9. The van der Waals surface area contributed by atoms with Crippen molar-refractivity contribution >= 4 is 23.8 Å². The molecule has 0 aliphatic carbocycles. The Bertz CT molecular complexity index is 479. The number of carboxylic acids is 2. The first kappa shape index (κ1) is 21.8. The summed E-state index contributed by atoms with van der Waals surface area (Å²) in [5.41, 5.74) is 5.49.